The van der Waals surface area contributed by atoms with E-state index in [-0.39, 0.29) is 11.4 Å². The maximum atomic E-state index is 13.6. The van der Waals surface area contributed by atoms with Crippen LogP contribution in [0.2, 0.25) is 0 Å². The summed E-state index contributed by atoms with van der Waals surface area (Å²) in [6, 6.07) is 15.5. The Morgan fingerprint density at radius 1 is 0.833 bits per heavy atom. The summed E-state index contributed by atoms with van der Waals surface area (Å²) >= 11 is 0. The molecule has 3 aromatic carbocycles. The van der Waals surface area contributed by atoms with Crippen LogP contribution in [0.15, 0.2) is 59.5 Å². The molecule has 8 nitrogen and oxygen atoms in total. The molecule has 9 heteroatoms. The molecule has 0 aliphatic heterocycles. The first kappa shape index (κ1) is 26.9. The predicted octanol–water partition coefficient (Wildman–Crippen LogP) is 4.15. The van der Waals surface area contributed by atoms with Crippen LogP contribution in [0.4, 0.5) is 5.69 Å². The fourth-order valence-electron chi connectivity index (χ4n) is 3.90. The highest BCUT2D eigenvalue weighted by Gasteiger charge is 2.28. The number of nitrogens with zero attached hydrogens (tertiary/aromatic N) is 1. The number of benzene rings is 3. The van der Waals surface area contributed by atoms with Crippen LogP contribution >= 0.6 is 0 Å². The van der Waals surface area contributed by atoms with Gasteiger partial charge in [-0.15, -0.1) is 0 Å². The van der Waals surface area contributed by atoms with E-state index in [0.717, 1.165) is 21.0 Å². The number of hydrogen-bond acceptors (Lipinski definition) is 6. The first-order valence-electron chi connectivity index (χ1n) is 11.3. The normalized spacial score (nSPS) is 11.1. The van der Waals surface area contributed by atoms with E-state index < -0.39 is 22.5 Å². The molecule has 3 aromatic rings. The molecule has 0 aliphatic rings. The highest BCUT2D eigenvalue weighted by atomic mass is 32.2. The molecule has 0 atom stereocenters. The van der Waals surface area contributed by atoms with Crippen molar-refractivity contribution in [2.75, 3.05) is 32.2 Å². The van der Waals surface area contributed by atoms with Gasteiger partial charge in [0.2, 0.25) is 11.7 Å². The van der Waals surface area contributed by atoms with Crippen molar-refractivity contribution in [3.05, 3.63) is 76.9 Å². The van der Waals surface area contributed by atoms with Gasteiger partial charge in [-0.2, -0.15) is 0 Å². The van der Waals surface area contributed by atoms with Crippen LogP contribution in [0.1, 0.15) is 22.3 Å². The van der Waals surface area contributed by atoms with Gasteiger partial charge in [-0.05, 0) is 56.7 Å². The Morgan fingerprint density at radius 3 is 2.06 bits per heavy atom. The molecular formula is C27H32N2O6S. The van der Waals surface area contributed by atoms with Crippen molar-refractivity contribution in [1.29, 1.82) is 0 Å². The maximum absolute atomic E-state index is 13.6. The first-order chi connectivity index (χ1) is 17.1. The second-order valence-corrected chi connectivity index (χ2v) is 10.2. The minimum atomic E-state index is -4.01. The number of amides is 1. The Morgan fingerprint density at radius 2 is 1.47 bits per heavy atom. The van der Waals surface area contributed by atoms with Crippen molar-refractivity contribution in [1.82, 2.24) is 5.32 Å². The molecule has 192 valence electrons. The van der Waals surface area contributed by atoms with Gasteiger partial charge in [0, 0.05) is 12.1 Å². The Bertz CT molecular complexity index is 1340. The summed E-state index contributed by atoms with van der Waals surface area (Å²) in [5.41, 5.74) is 3.78. The van der Waals surface area contributed by atoms with Gasteiger partial charge < -0.3 is 19.5 Å². The third-order valence-corrected chi connectivity index (χ3v) is 7.55. The van der Waals surface area contributed by atoms with Crippen molar-refractivity contribution in [2.24, 2.45) is 0 Å². The van der Waals surface area contributed by atoms with Gasteiger partial charge in [-0.1, -0.05) is 35.4 Å². The van der Waals surface area contributed by atoms with Crippen molar-refractivity contribution < 1.29 is 27.4 Å². The predicted molar refractivity (Wildman–Crippen MR) is 140 cm³/mol. The summed E-state index contributed by atoms with van der Waals surface area (Å²) in [4.78, 5) is 13.2. The van der Waals surface area contributed by atoms with E-state index in [0.29, 0.717) is 28.5 Å². The molecule has 0 unspecified atom stereocenters. The third kappa shape index (κ3) is 5.73. The smallest absolute Gasteiger partial charge is 0.264 e. The third-order valence-electron chi connectivity index (χ3n) is 5.78. The monoisotopic (exact) mass is 512 g/mol. The standard InChI is InChI=1S/C27H32N2O6S/c1-18-7-11-22(12-8-18)36(31,32)29(23-13-9-19(2)15-20(23)3)17-25(30)28-16-21-10-14-24(33-4)27(35-6)26(21)34-5/h7-15H,16-17H2,1-6H3,(H,28,30). The van der Waals surface area contributed by atoms with E-state index in [2.05, 4.69) is 5.32 Å². The van der Waals surface area contributed by atoms with Crippen LogP contribution in [0.25, 0.3) is 0 Å². The van der Waals surface area contributed by atoms with E-state index in [1.165, 1.54) is 21.3 Å². The van der Waals surface area contributed by atoms with Gasteiger partial charge in [0.25, 0.3) is 10.0 Å². The number of methoxy groups -OCH3 is 3. The Hall–Kier alpha value is -3.72. The minimum absolute atomic E-state index is 0.105. The second-order valence-electron chi connectivity index (χ2n) is 8.38. The number of carbonyl (C=O) groups is 1. The molecular weight excluding hydrogens is 480 g/mol. The van der Waals surface area contributed by atoms with Crippen LogP contribution in [-0.2, 0) is 21.4 Å². The second kappa shape index (κ2) is 11.3. The molecule has 0 fully saturated rings. The van der Waals surface area contributed by atoms with Gasteiger partial charge in [-0.25, -0.2) is 8.42 Å². The van der Waals surface area contributed by atoms with Crippen molar-refractivity contribution in [2.45, 2.75) is 32.2 Å². The Labute approximate surface area is 212 Å². The summed E-state index contributed by atoms with van der Waals surface area (Å²) in [7, 11) is 0.516. The largest absolute Gasteiger partial charge is 0.493 e. The zero-order valence-corrected chi connectivity index (χ0v) is 22.2. The molecule has 36 heavy (non-hydrogen) atoms. The van der Waals surface area contributed by atoms with Crippen LogP contribution in [0.5, 0.6) is 17.2 Å². The average molecular weight is 513 g/mol. The molecule has 0 spiro atoms. The maximum Gasteiger partial charge on any atom is 0.264 e. The molecule has 0 aromatic heterocycles. The van der Waals surface area contributed by atoms with Crippen molar-refractivity contribution in [3.63, 3.8) is 0 Å². The number of sulfonamides is 1. The summed E-state index contributed by atoms with van der Waals surface area (Å²) in [6.45, 7) is 5.35. The lowest BCUT2D eigenvalue weighted by atomic mass is 10.1. The van der Waals surface area contributed by atoms with Crippen molar-refractivity contribution in [3.8, 4) is 17.2 Å². The van der Waals surface area contributed by atoms with Gasteiger partial charge in [0.15, 0.2) is 11.5 Å². The number of anilines is 1. The number of aryl methyl sites for hydroxylation is 3. The number of ether oxygens (including phenoxy) is 3. The van der Waals surface area contributed by atoms with Crippen molar-refractivity contribution >= 4 is 21.6 Å². The molecule has 1 N–H and O–H groups in total. The fourth-order valence-corrected chi connectivity index (χ4v) is 5.39. The quantitative estimate of drug-likeness (QED) is 0.439. The molecule has 0 bridgehead atoms. The van der Waals surface area contributed by atoms with Crippen LogP contribution in [0, 0.1) is 20.8 Å². The van der Waals surface area contributed by atoms with Gasteiger partial charge in [0.1, 0.15) is 6.54 Å². The van der Waals surface area contributed by atoms with Crippen LogP contribution in [-0.4, -0.2) is 42.2 Å². The van der Waals surface area contributed by atoms with Gasteiger partial charge in [0.05, 0.1) is 31.9 Å². The molecule has 0 heterocycles. The molecule has 0 saturated carbocycles. The number of carbonyl (C=O) groups excluding carboxylic acids is 1. The zero-order chi connectivity index (χ0) is 26.5. The molecule has 0 aliphatic carbocycles. The molecule has 0 saturated heterocycles. The fraction of sp³-hybridized carbons (Fsp3) is 0.296. The highest BCUT2D eigenvalue weighted by molar-refractivity contribution is 7.92. The zero-order valence-electron chi connectivity index (χ0n) is 21.4. The van der Waals surface area contributed by atoms with Crippen LogP contribution in [0.3, 0.4) is 0 Å². The summed E-state index contributed by atoms with van der Waals surface area (Å²) in [5, 5.41) is 2.80. The van der Waals surface area contributed by atoms with E-state index in [1.54, 1.807) is 42.5 Å². The molecule has 3 rings (SSSR count). The summed E-state index contributed by atoms with van der Waals surface area (Å²) in [6.07, 6.45) is 0. The Balaban J connectivity index is 1.91. The lowest BCUT2D eigenvalue weighted by Crippen LogP contribution is -2.41. The lowest BCUT2D eigenvalue weighted by Gasteiger charge is -2.26. The van der Waals surface area contributed by atoms with Crippen LogP contribution < -0.4 is 23.8 Å². The lowest BCUT2D eigenvalue weighted by molar-refractivity contribution is -0.119. The van der Waals surface area contributed by atoms with Gasteiger partial charge >= 0.3 is 0 Å². The van der Waals surface area contributed by atoms with E-state index in [4.69, 9.17) is 14.2 Å². The van der Waals surface area contributed by atoms with E-state index in [9.17, 15) is 13.2 Å². The number of hydrogen-bond donors (Lipinski definition) is 1. The van der Waals surface area contributed by atoms with E-state index >= 15 is 0 Å². The van der Waals surface area contributed by atoms with Gasteiger partial charge in [-0.3, -0.25) is 9.10 Å². The first-order valence-corrected chi connectivity index (χ1v) is 12.8. The molecule has 1 amide bonds. The average Bonchev–Trinajstić information content (AvgIpc) is 2.85. The number of rotatable bonds is 10. The SMILES string of the molecule is COc1ccc(CNC(=O)CN(c2ccc(C)cc2C)S(=O)(=O)c2ccc(C)cc2)c(OC)c1OC. The summed E-state index contributed by atoms with van der Waals surface area (Å²) < 4.78 is 44.6. The number of nitrogens with one attached hydrogen (secondary N) is 1. The molecule has 0 radical (unpaired) electrons. The highest BCUT2D eigenvalue weighted by Crippen LogP contribution is 2.39. The topological polar surface area (TPSA) is 94.2 Å². The minimum Gasteiger partial charge on any atom is -0.493 e. The Kier molecular flexibility index (Phi) is 8.47. The van der Waals surface area contributed by atoms with E-state index in [1.807, 2.05) is 32.9 Å². The summed E-state index contributed by atoms with van der Waals surface area (Å²) in [5.74, 6) is 0.860.